The number of hydrogen-bond donors (Lipinski definition) is 1. The molecule has 1 aliphatic carbocycles. The van der Waals surface area contributed by atoms with E-state index in [1.807, 2.05) is 48.2 Å². The van der Waals surface area contributed by atoms with Crippen molar-refractivity contribution in [2.45, 2.75) is 32.4 Å². The number of pyridine rings is 1. The van der Waals surface area contributed by atoms with Crippen LogP contribution in [-0.4, -0.2) is 59.8 Å². The van der Waals surface area contributed by atoms with Crippen LogP contribution in [0.3, 0.4) is 0 Å². The standard InChI is InChI=1S/C23H29N3O3/c1-18-14-25(11-12-29-18)21-13-20(7-10-24-21)22(28)26(16-23(17-27)8-9-23)15-19-5-3-2-4-6-19/h2-7,10,13,18,27H,8-9,11-12,14-17H2,1H3. The molecule has 1 saturated carbocycles. The highest BCUT2D eigenvalue weighted by atomic mass is 16.5. The summed E-state index contributed by atoms with van der Waals surface area (Å²) in [7, 11) is 0. The van der Waals surface area contributed by atoms with Crippen molar-refractivity contribution in [2.24, 2.45) is 5.41 Å². The zero-order valence-corrected chi connectivity index (χ0v) is 17.0. The molecule has 0 radical (unpaired) electrons. The van der Waals surface area contributed by atoms with Gasteiger partial charge in [-0.15, -0.1) is 0 Å². The number of benzene rings is 1. The number of ether oxygens (including phenoxy) is 1. The van der Waals surface area contributed by atoms with Crippen LogP contribution < -0.4 is 4.90 Å². The number of anilines is 1. The topological polar surface area (TPSA) is 65.9 Å². The second kappa shape index (κ2) is 8.51. The van der Waals surface area contributed by atoms with Gasteiger partial charge in [0.2, 0.25) is 0 Å². The number of carbonyl (C=O) groups excluding carboxylic acids is 1. The molecule has 1 aromatic carbocycles. The number of aromatic nitrogens is 1. The van der Waals surface area contributed by atoms with E-state index in [2.05, 4.69) is 9.88 Å². The van der Waals surface area contributed by atoms with Gasteiger partial charge in [-0.3, -0.25) is 4.79 Å². The third kappa shape index (κ3) is 4.77. The fourth-order valence-corrected chi connectivity index (χ4v) is 3.88. The molecule has 2 fully saturated rings. The van der Waals surface area contributed by atoms with Crippen molar-refractivity contribution < 1.29 is 14.6 Å². The number of amides is 1. The molecule has 2 aromatic rings. The average Bonchev–Trinajstić information content (AvgIpc) is 3.54. The highest BCUT2D eigenvalue weighted by Crippen LogP contribution is 2.46. The lowest BCUT2D eigenvalue weighted by Crippen LogP contribution is -2.41. The smallest absolute Gasteiger partial charge is 0.254 e. The van der Waals surface area contributed by atoms with Gasteiger partial charge in [0.25, 0.3) is 5.91 Å². The van der Waals surface area contributed by atoms with Crippen molar-refractivity contribution in [3.8, 4) is 0 Å². The molecule has 1 unspecified atom stereocenters. The molecule has 6 heteroatoms. The summed E-state index contributed by atoms with van der Waals surface area (Å²) in [5.41, 5.74) is 1.59. The monoisotopic (exact) mass is 395 g/mol. The summed E-state index contributed by atoms with van der Waals surface area (Å²) in [5, 5.41) is 9.80. The molecule has 1 saturated heterocycles. The lowest BCUT2D eigenvalue weighted by molar-refractivity contribution is 0.0529. The van der Waals surface area contributed by atoms with E-state index >= 15 is 0 Å². The molecule has 1 aromatic heterocycles. The van der Waals surface area contributed by atoms with Crippen LogP contribution in [0.25, 0.3) is 0 Å². The Labute approximate surface area is 172 Å². The summed E-state index contributed by atoms with van der Waals surface area (Å²) in [6.45, 7) is 5.49. The van der Waals surface area contributed by atoms with Gasteiger partial charge in [0.05, 0.1) is 19.3 Å². The zero-order valence-electron chi connectivity index (χ0n) is 17.0. The summed E-state index contributed by atoms with van der Waals surface area (Å²) >= 11 is 0. The molecule has 1 aliphatic heterocycles. The van der Waals surface area contributed by atoms with Crippen LogP contribution >= 0.6 is 0 Å². The van der Waals surface area contributed by atoms with E-state index in [1.54, 1.807) is 12.3 Å². The SMILES string of the molecule is CC1CN(c2cc(C(=O)N(Cc3ccccc3)CC3(CO)CC3)ccn2)CCO1. The first-order chi connectivity index (χ1) is 14.1. The third-order valence-corrected chi connectivity index (χ3v) is 5.88. The maximum Gasteiger partial charge on any atom is 0.254 e. The van der Waals surface area contributed by atoms with Crippen LogP contribution in [-0.2, 0) is 11.3 Å². The Morgan fingerprint density at radius 3 is 2.79 bits per heavy atom. The second-order valence-corrected chi connectivity index (χ2v) is 8.34. The summed E-state index contributed by atoms with van der Waals surface area (Å²) in [4.78, 5) is 22.0. The number of aliphatic hydroxyl groups excluding tert-OH is 1. The molecule has 154 valence electrons. The molecule has 2 aliphatic rings. The first-order valence-electron chi connectivity index (χ1n) is 10.4. The Morgan fingerprint density at radius 2 is 2.10 bits per heavy atom. The molecule has 0 spiro atoms. The van der Waals surface area contributed by atoms with Crippen LogP contribution in [0.2, 0.25) is 0 Å². The number of hydrogen-bond acceptors (Lipinski definition) is 5. The van der Waals surface area contributed by atoms with Crippen molar-refractivity contribution in [1.82, 2.24) is 9.88 Å². The predicted molar refractivity (Wildman–Crippen MR) is 112 cm³/mol. The quantitative estimate of drug-likeness (QED) is 0.781. The van der Waals surface area contributed by atoms with E-state index in [4.69, 9.17) is 4.74 Å². The first kappa shape index (κ1) is 19.9. The van der Waals surface area contributed by atoms with E-state index < -0.39 is 0 Å². The van der Waals surface area contributed by atoms with Crippen LogP contribution in [0.1, 0.15) is 35.7 Å². The van der Waals surface area contributed by atoms with Gasteiger partial charge in [-0.05, 0) is 37.5 Å². The minimum Gasteiger partial charge on any atom is -0.396 e. The fourth-order valence-electron chi connectivity index (χ4n) is 3.88. The van der Waals surface area contributed by atoms with Crippen molar-refractivity contribution >= 4 is 11.7 Å². The fraction of sp³-hybridized carbons (Fsp3) is 0.478. The minimum absolute atomic E-state index is 0.0152. The summed E-state index contributed by atoms with van der Waals surface area (Å²) < 4.78 is 5.62. The lowest BCUT2D eigenvalue weighted by atomic mass is 10.1. The van der Waals surface area contributed by atoms with E-state index in [0.717, 1.165) is 37.3 Å². The number of rotatable bonds is 7. The molecule has 6 nitrogen and oxygen atoms in total. The molecule has 2 heterocycles. The maximum absolute atomic E-state index is 13.4. The van der Waals surface area contributed by atoms with Gasteiger partial charge in [-0.25, -0.2) is 4.98 Å². The Bertz CT molecular complexity index is 838. The molecule has 1 N–H and O–H groups in total. The summed E-state index contributed by atoms with van der Waals surface area (Å²) in [5.74, 6) is 0.799. The summed E-state index contributed by atoms with van der Waals surface area (Å²) in [6.07, 6.45) is 3.80. The van der Waals surface area contributed by atoms with E-state index in [-0.39, 0.29) is 24.0 Å². The van der Waals surface area contributed by atoms with Crippen molar-refractivity contribution in [3.05, 3.63) is 59.8 Å². The molecule has 29 heavy (non-hydrogen) atoms. The Kier molecular flexibility index (Phi) is 5.83. The largest absolute Gasteiger partial charge is 0.396 e. The minimum atomic E-state index is -0.139. The normalized spacial score (nSPS) is 20.3. The summed E-state index contributed by atoms with van der Waals surface area (Å²) in [6, 6.07) is 13.7. The van der Waals surface area contributed by atoms with Gasteiger partial charge in [-0.2, -0.15) is 0 Å². The van der Waals surface area contributed by atoms with Gasteiger partial charge < -0.3 is 19.6 Å². The van der Waals surface area contributed by atoms with E-state index in [0.29, 0.717) is 25.3 Å². The van der Waals surface area contributed by atoms with Gasteiger partial charge in [0.15, 0.2) is 0 Å². The van der Waals surface area contributed by atoms with Crippen molar-refractivity contribution in [1.29, 1.82) is 0 Å². The maximum atomic E-state index is 13.4. The van der Waals surface area contributed by atoms with Crippen molar-refractivity contribution in [3.63, 3.8) is 0 Å². The molecule has 0 bridgehead atoms. The van der Waals surface area contributed by atoms with Crippen molar-refractivity contribution in [2.75, 3.05) is 37.7 Å². The zero-order chi connectivity index (χ0) is 20.3. The molecule has 1 atom stereocenters. The number of carbonyl (C=O) groups is 1. The highest BCUT2D eigenvalue weighted by Gasteiger charge is 2.44. The van der Waals surface area contributed by atoms with Crippen LogP contribution in [0, 0.1) is 5.41 Å². The van der Waals surface area contributed by atoms with Gasteiger partial charge in [-0.1, -0.05) is 30.3 Å². The number of nitrogens with zero attached hydrogens (tertiary/aromatic N) is 3. The number of morpholine rings is 1. The van der Waals surface area contributed by atoms with E-state index in [1.165, 1.54) is 0 Å². The molecule has 4 rings (SSSR count). The Morgan fingerprint density at radius 1 is 1.31 bits per heavy atom. The van der Waals surface area contributed by atoms with Gasteiger partial charge >= 0.3 is 0 Å². The first-order valence-corrected chi connectivity index (χ1v) is 10.4. The van der Waals surface area contributed by atoms with Gasteiger partial charge in [0, 0.05) is 43.4 Å². The van der Waals surface area contributed by atoms with Gasteiger partial charge in [0.1, 0.15) is 5.82 Å². The second-order valence-electron chi connectivity index (χ2n) is 8.34. The average molecular weight is 396 g/mol. The molecular formula is C23H29N3O3. The van der Waals surface area contributed by atoms with Crippen LogP contribution in [0.4, 0.5) is 5.82 Å². The van der Waals surface area contributed by atoms with Crippen LogP contribution in [0.15, 0.2) is 48.7 Å². The molecule has 1 amide bonds. The van der Waals surface area contributed by atoms with E-state index in [9.17, 15) is 9.90 Å². The molecular weight excluding hydrogens is 366 g/mol. The highest BCUT2D eigenvalue weighted by molar-refractivity contribution is 5.95. The lowest BCUT2D eigenvalue weighted by Gasteiger charge is -2.32. The Balaban J connectivity index is 1.55. The number of aliphatic hydroxyl groups is 1. The third-order valence-electron chi connectivity index (χ3n) is 5.88. The Hall–Kier alpha value is -2.44. The van der Waals surface area contributed by atoms with Crippen LogP contribution in [0.5, 0.6) is 0 Å². The predicted octanol–water partition coefficient (Wildman–Crippen LogP) is 2.72.